The summed E-state index contributed by atoms with van der Waals surface area (Å²) in [5, 5.41) is 0.852. The Hall–Kier alpha value is -2.14. The zero-order valence-corrected chi connectivity index (χ0v) is 12.5. The maximum absolute atomic E-state index is 14.1. The summed E-state index contributed by atoms with van der Waals surface area (Å²) in [7, 11) is -2.21. The number of furan rings is 1. The van der Waals surface area contributed by atoms with Crippen LogP contribution >= 0.6 is 0 Å². The van der Waals surface area contributed by atoms with Gasteiger partial charge >= 0.3 is 0 Å². The number of nitrogens with zero attached hydrogens (tertiary/aromatic N) is 1. The molecule has 108 valence electrons. The summed E-state index contributed by atoms with van der Waals surface area (Å²) in [5.74, 6) is -0.336. The Balaban J connectivity index is 2.14. The molecular weight excluding hydrogens is 289 g/mol. The molecule has 5 heteroatoms. The lowest BCUT2D eigenvalue weighted by molar-refractivity contribution is 0.602. The van der Waals surface area contributed by atoms with Gasteiger partial charge in [0.1, 0.15) is 11.4 Å². The molecule has 0 aliphatic carbocycles. The van der Waals surface area contributed by atoms with E-state index in [-0.39, 0.29) is 5.82 Å². The van der Waals surface area contributed by atoms with E-state index >= 15 is 0 Å². The van der Waals surface area contributed by atoms with Crippen LogP contribution in [0, 0.1) is 5.82 Å². The van der Waals surface area contributed by atoms with Crippen molar-refractivity contribution in [1.82, 2.24) is 0 Å². The summed E-state index contributed by atoms with van der Waals surface area (Å²) in [6, 6.07) is 11.9. The molecule has 1 heterocycles. The molecule has 3 aromatic rings. The number of benzene rings is 2. The van der Waals surface area contributed by atoms with Crippen molar-refractivity contribution >= 4 is 26.4 Å². The van der Waals surface area contributed by atoms with Gasteiger partial charge in [-0.1, -0.05) is 12.1 Å². The van der Waals surface area contributed by atoms with Gasteiger partial charge in [0.2, 0.25) is 0 Å². The molecule has 0 atom stereocenters. The van der Waals surface area contributed by atoms with Crippen molar-refractivity contribution in [2.24, 2.45) is 4.36 Å². The number of hydrogen-bond acceptors (Lipinski definition) is 3. The Morgan fingerprint density at radius 1 is 1.05 bits per heavy atom. The lowest BCUT2D eigenvalue weighted by atomic mass is 10.0. The molecule has 1 aromatic heterocycles. The van der Waals surface area contributed by atoms with E-state index in [0.29, 0.717) is 22.4 Å². The average molecular weight is 303 g/mol. The molecule has 2 aromatic carbocycles. The molecule has 21 heavy (non-hydrogen) atoms. The lowest BCUT2D eigenvalue weighted by Crippen LogP contribution is -1.89. The SMILES string of the molecule is CS(C)(=O)=Nc1ccc(-c2c(F)ccc3ccoc23)cc1. The van der Waals surface area contributed by atoms with Gasteiger partial charge in [-0.15, -0.1) is 0 Å². The molecule has 0 spiro atoms. The molecular formula is C16H14FNO2S. The van der Waals surface area contributed by atoms with Crippen molar-refractivity contribution in [3.63, 3.8) is 0 Å². The standard InChI is InChI=1S/C16H14FNO2S/c1-21(2,19)18-13-6-3-11(4-7-13)15-14(17)8-5-12-9-10-20-16(12)15/h3-10H,1-2H3. The van der Waals surface area contributed by atoms with Crippen molar-refractivity contribution in [1.29, 1.82) is 0 Å². The molecule has 0 fully saturated rings. The van der Waals surface area contributed by atoms with Gasteiger partial charge in [-0.3, -0.25) is 0 Å². The van der Waals surface area contributed by atoms with Crippen molar-refractivity contribution in [2.75, 3.05) is 12.5 Å². The average Bonchev–Trinajstić information content (AvgIpc) is 2.86. The minimum atomic E-state index is -2.21. The van der Waals surface area contributed by atoms with E-state index in [4.69, 9.17) is 4.42 Å². The minimum absolute atomic E-state index is 0.336. The number of rotatable bonds is 2. The van der Waals surface area contributed by atoms with Gasteiger partial charge in [-0.25, -0.2) is 8.60 Å². The third kappa shape index (κ3) is 2.83. The fourth-order valence-electron chi connectivity index (χ4n) is 2.22. The molecule has 0 saturated heterocycles. The van der Waals surface area contributed by atoms with Crippen LogP contribution in [0.1, 0.15) is 0 Å². The van der Waals surface area contributed by atoms with Crippen molar-refractivity contribution in [2.45, 2.75) is 0 Å². The van der Waals surface area contributed by atoms with Crippen LogP contribution in [0.5, 0.6) is 0 Å². The second-order valence-corrected chi connectivity index (χ2v) is 7.63. The summed E-state index contributed by atoms with van der Waals surface area (Å²) in [4.78, 5) is 0. The maximum Gasteiger partial charge on any atom is 0.144 e. The van der Waals surface area contributed by atoms with Gasteiger partial charge in [0.15, 0.2) is 0 Å². The molecule has 0 amide bonds. The maximum atomic E-state index is 14.1. The van der Waals surface area contributed by atoms with Crippen LogP contribution in [-0.4, -0.2) is 16.7 Å². The summed E-state index contributed by atoms with van der Waals surface area (Å²) in [5.41, 5.74) is 2.26. The van der Waals surface area contributed by atoms with Gasteiger partial charge < -0.3 is 4.42 Å². The van der Waals surface area contributed by atoms with Gasteiger partial charge in [-0.2, -0.15) is 4.36 Å². The number of halogens is 1. The Labute approximate surface area is 122 Å². The smallest absolute Gasteiger partial charge is 0.144 e. The summed E-state index contributed by atoms with van der Waals surface area (Å²) in [6.07, 6.45) is 4.69. The molecule has 0 aliphatic rings. The van der Waals surface area contributed by atoms with Crippen LogP contribution in [0.2, 0.25) is 0 Å². The zero-order valence-electron chi connectivity index (χ0n) is 11.7. The van der Waals surface area contributed by atoms with Crippen molar-refractivity contribution in [3.05, 3.63) is 54.5 Å². The topological polar surface area (TPSA) is 42.6 Å². The van der Waals surface area contributed by atoms with E-state index in [0.717, 1.165) is 5.39 Å². The first-order valence-electron chi connectivity index (χ1n) is 6.37. The molecule has 0 bridgehead atoms. The Bertz CT molecular complexity index is 911. The Morgan fingerprint density at radius 3 is 2.43 bits per heavy atom. The van der Waals surface area contributed by atoms with E-state index in [9.17, 15) is 8.60 Å². The highest BCUT2D eigenvalue weighted by Gasteiger charge is 2.12. The van der Waals surface area contributed by atoms with E-state index < -0.39 is 9.73 Å². The van der Waals surface area contributed by atoms with E-state index in [1.165, 1.54) is 6.07 Å². The Morgan fingerprint density at radius 2 is 1.76 bits per heavy atom. The fourth-order valence-corrected chi connectivity index (χ4v) is 2.85. The normalized spacial score (nSPS) is 11.8. The lowest BCUT2D eigenvalue weighted by Gasteiger charge is -2.05. The number of fused-ring (bicyclic) bond motifs is 1. The van der Waals surface area contributed by atoms with Crippen molar-refractivity contribution < 1.29 is 13.0 Å². The van der Waals surface area contributed by atoms with E-state index in [2.05, 4.69) is 4.36 Å². The van der Waals surface area contributed by atoms with Gasteiger partial charge in [-0.05, 0) is 35.9 Å². The first-order valence-corrected chi connectivity index (χ1v) is 8.70. The summed E-state index contributed by atoms with van der Waals surface area (Å²) < 4.78 is 35.3. The largest absolute Gasteiger partial charge is 0.464 e. The molecule has 0 N–H and O–H groups in total. The molecule has 3 rings (SSSR count). The predicted octanol–water partition coefficient (Wildman–Crippen LogP) is 4.60. The predicted molar refractivity (Wildman–Crippen MR) is 83.7 cm³/mol. The minimum Gasteiger partial charge on any atom is -0.464 e. The van der Waals surface area contributed by atoms with Crippen LogP contribution in [0.3, 0.4) is 0 Å². The number of hydrogen-bond donors (Lipinski definition) is 0. The van der Waals surface area contributed by atoms with Crippen molar-refractivity contribution in [3.8, 4) is 11.1 Å². The van der Waals surface area contributed by atoms with Crippen LogP contribution in [0.25, 0.3) is 22.1 Å². The molecule has 0 saturated carbocycles. The molecule has 0 aliphatic heterocycles. The highest BCUT2D eigenvalue weighted by Crippen LogP contribution is 2.33. The highest BCUT2D eigenvalue weighted by atomic mass is 32.2. The van der Waals surface area contributed by atoms with Crippen LogP contribution < -0.4 is 0 Å². The second-order valence-electron chi connectivity index (χ2n) is 5.08. The van der Waals surface area contributed by atoms with Crippen LogP contribution in [0.4, 0.5) is 10.1 Å². The fraction of sp³-hybridized carbons (Fsp3) is 0.125. The monoisotopic (exact) mass is 303 g/mol. The highest BCUT2D eigenvalue weighted by molar-refractivity contribution is 7.92. The first-order chi connectivity index (χ1) is 9.94. The molecule has 0 unspecified atom stereocenters. The summed E-state index contributed by atoms with van der Waals surface area (Å²) in [6.45, 7) is 0. The van der Waals surface area contributed by atoms with Gasteiger partial charge in [0.05, 0.1) is 17.5 Å². The van der Waals surface area contributed by atoms with Gasteiger partial charge in [0.25, 0.3) is 0 Å². The first kappa shape index (κ1) is 13.8. The molecule has 0 radical (unpaired) electrons. The summed E-state index contributed by atoms with van der Waals surface area (Å²) >= 11 is 0. The quantitative estimate of drug-likeness (QED) is 0.694. The third-order valence-electron chi connectivity index (χ3n) is 3.05. The van der Waals surface area contributed by atoms with Crippen LogP contribution in [0.15, 0.2) is 57.5 Å². The van der Waals surface area contributed by atoms with Gasteiger partial charge in [0, 0.05) is 27.6 Å². The second kappa shape index (κ2) is 5.00. The van der Waals surface area contributed by atoms with E-state index in [1.54, 1.807) is 55.2 Å². The zero-order chi connectivity index (χ0) is 15.0. The Kier molecular flexibility index (Phi) is 3.29. The van der Waals surface area contributed by atoms with Crippen LogP contribution in [-0.2, 0) is 9.73 Å². The third-order valence-corrected chi connectivity index (χ3v) is 3.70. The molecule has 3 nitrogen and oxygen atoms in total. The van der Waals surface area contributed by atoms with E-state index in [1.807, 2.05) is 0 Å².